The fourth-order valence-electron chi connectivity index (χ4n) is 2.81. The molecule has 0 aliphatic carbocycles. The topological polar surface area (TPSA) is 61.4 Å². The molecule has 152 valence electrons. The molecule has 0 fully saturated rings. The van der Waals surface area contributed by atoms with Crippen LogP contribution in [-0.2, 0) is 4.79 Å². The maximum atomic E-state index is 13.7. The zero-order valence-electron chi connectivity index (χ0n) is 15.5. The fourth-order valence-corrected chi connectivity index (χ4v) is 3.04. The second-order valence-electron chi connectivity index (χ2n) is 6.54. The van der Waals surface area contributed by atoms with Gasteiger partial charge in [-0.25, -0.2) is 0 Å². The Balaban J connectivity index is 2.23. The molecule has 4 nitrogen and oxygen atoms in total. The van der Waals surface area contributed by atoms with E-state index in [0.29, 0.717) is 11.3 Å². The highest BCUT2D eigenvalue weighted by atomic mass is 35.5. The van der Waals surface area contributed by atoms with Crippen molar-refractivity contribution in [2.45, 2.75) is 38.5 Å². The summed E-state index contributed by atoms with van der Waals surface area (Å²) < 4.78 is 41.1. The molecular weight excluding hydrogens is 393 g/mol. The largest absolute Gasteiger partial charge is 0.481 e. The van der Waals surface area contributed by atoms with Gasteiger partial charge in [0.05, 0.1) is 6.42 Å². The van der Waals surface area contributed by atoms with Gasteiger partial charge < -0.3 is 15.7 Å². The van der Waals surface area contributed by atoms with Gasteiger partial charge in [0.25, 0.3) is 0 Å². The van der Waals surface area contributed by atoms with Gasteiger partial charge in [-0.2, -0.15) is 13.2 Å². The molecule has 0 unspecified atom stereocenters. The van der Waals surface area contributed by atoms with Gasteiger partial charge in [-0.3, -0.25) is 4.79 Å². The van der Waals surface area contributed by atoms with Crippen LogP contribution in [0.4, 0.5) is 18.9 Å². The average molecular weight is 415 g/mol. The minimum Gasteiger partial charge on any atom is -0.481 e. The van der Waals surface area contributed by atoms with E-state index in [-0.39, 0.29) is 29.6 Å². The van der Waals surface area contributed by atoms with Crippen LogP contribution in [-0.4, -0.2) is 23.8 Å². The number of aryl methyl sites for hydroxylation is 1. The highest BCUT2D eigenvalue weighted by Gasteiger charge is 2.42. The second kappa shape index (κ2) is 9.30. The zero-order valence-corrected chi connectivity index (χ0v) is 16.2. The summed E-state index contributed by atoms with van der Waals surface area (Å²) in [7, 11) is 0. The molecule has 2 rings (SSSR count). The van der Waals surface area contributed by atoms with Crippen molar-refractivity contribution in [3.63, 3.8) is 0 Å². The first-order chi connectivity index (χ1) is 13.1. The summed E-state index contributed by atoms with van der Waals surface area (Å²) in [5.74, 6) is -0.918. The number of hydrogen-bond donors (Lipinski definition) is 3. The normalized spacial score (nSPS) is 13.8. The molecule has 2 aromatic rings. The van der Waals surface area contributed by atoms with E-state index in [9.17, 15) is 18.0 Å². The Kier molecular flexibility index (Phi) is 7.32. The zero-order chi connectivity index (χ0) is 20.9. The molecule has 0 aliphatic heterocycles. The van der Waals surface area contributed by atoms with Crippen LogP contribution in [0.25, 0.3) is 0 Å². The third kappa shape index (κ3) is 5.87. The molecule has 0 bridgehead atoms. The van der Waals surface area contributed by atoms with E-state index in [2.05, 4.69) is 10.6 Å². The molecule has 3 N–H and O–H groups in total. The minimum atomic E-state index is -4.54. The first kappa shape index (κ1) is 22.0. The Bertz CT molecular complexity index is 827. The van der Waals surface area contributed by atoms with Gasteiger partial charge in [-0.1, -0.05) is 41.9 Å². The predicted octanol–water partition coefficient (Wildman–Crippen LogP) is 5.49. The number of halogens is 4. The van der Waals surface area contributed by atoms with Crippen LogP contribution in [0.1, 0.15) is 42.1 Å². The minimum absolute atomic E-state index is 0.0350. The van der Waals surface area contributed by atoms with E-state index in [1.807, 2.05) is 6.92 Å². The monoisotopic (exact) mass is 414 g/mol. The Morgan fingerprint density at radius 1 is 1.21 bits per heavy atom. The smallest absolute Gasteiger partial charge is 0.412 e. The Morgan fingerprint density at radius 2 is 1.89 bits per heavy atom. The van der Waals surface area contributed by atoms with Crippen molar-refractivity contribution in [1.29, 1.82) is 0 Å². The van der Waals surface area contributed by atoms with Crippen molar-refractivity contribution in [1.82, 2.24) is 5.32 Å². The molecule has 0 amide bonds. The first-order valence-corrected chi connectivity index (χ1v) is 9.10. The first-order valence-electron chi connectivity index (χ1n) is 8.73. The lowest BCUT2D eigenvalue weighted by Gasteiger charge is -2.25. The van der Waals surface area contributed by atoms with Crippen LogP contribution in [0.15, 0.2) is 42.5 Å². The van der Waals surface area contributed by atoms with Crippen molar-refractivity contribution in [2.24, 2.45) is 0 Å². The number of hydrogen-bond acceptors (Lipinski definition) is 3. The van der Waals surface area contributed by atoms with Gasteiger partial charge in [0.2, 0.25) is 0 Å². The SMILES string of the molecule is Cc1cccc([C@H](Nc2cccc([C@H](C)NCCC(=O)O)c2)C(F)(F)F)c1Cl. The van der Waals surface area contributed by atoms with Crippen LogP contribution >= 0.6 is 11.6 Å². The molecule has 0 radical (unpaired) electrons. The molecule has 0 saturated heterocycles. The molecule has 8 heteroatoms. The number of benzene rings is 2. The lowest BCUT2D eigenvalue weighted by molar-refractivity contribution is -0.144. The van der Waals surface area contributed by atoms with Crippen LogP contribution < -0.4 is 10.6 Å². The standard InChI is InChI=1S/C20H22ClF3N2O2/c1-12-5-3-8-16(18(12)21)19(20(22,23)24)26-15-7-4-6-14(11-15)13(2)25-10-9-17(27)28/h3-8,11,13,19,25-26H,9-10H2,1-2H3,(H,27,28)/t13-,19-/m0/s1. The van der Waals surface area contributed by atoms with Gasteiger partial charge in [-0.15, -0.1) is 0 Å². The Labute approximate surface area is 166 Å². The number of aliphatic carboxylic acids is 1. The molecular formula is C20H22ClF3N2O2. The number of alkyl halides is 3. The summed E-state index contributed by atoms with van der Waals surface area (Å²) in [5.41, 5.74) is 1.57. The van der Waals surface area contributed by atoms with Gasteiger partial charge >= 0.3 is 12.1 Å². The van der Waals surface area contributed by atoms with Crippen molar-refractivity contribution in [2.75, 3.05) is 11.9 Å². The molecule has 0 saturated carbocycles. The number of rotatable bonds is 8. The van der Waals surface area contributed by atoms with E-state index in [0.717, 1.165) is 5.56 Å². The molecule has 28 heavy (non-hydrogen) atoms. The van der Waals surface area contributed by atoms with Gasteiger partial charge in [0.1, 0.15) is 6.04 Å². The quantitative estimate of drug-likeness (QED) is 0.534. The Morgan fingerprint density at radius 3 is 2.54 bits per heavy atom. The predicted molar refractivity (Wildman–Crippen MR) is 104 cm³/mol. The second-order valence-corrected chi connectivity index (χ2v) is 6.92. The van der Waals surface area contributed by atoms with Gasteiger partial charge in [0.15, 0.2) is 0 Å². The maximum Gasteiger partial charge on any atom is 0.412 e. The average Bonchev–Trinajstić information content (AvgIpc) is 2.61. The summed E-state index contributed by atoms with van der Waals surface area (Å²) in [6.07, 6.45) is -4.58. The molecule has 0 spiro atoms. The molecule has 0 heterocycles. The summed E-state index contributed by atoms with van der Waals surface area (Å²) >= 11 is 6.13. The van der Waals surface area contributed by atoms with Gasteiger partial charge in [-0.05, 0) is 37.1 Å². The summed E-state index contributed by atoms with van der Waals surface area (Å²) in [6, 6.07) is 8.98. The van der Waals surface area contributed by atoms with Crippen LogP contribution in [0, 0.1) is 6.92 Å². The number of carbonyl (C=O) groups is 1. The fraction of sp³-hybridized carbons (Fsp3) is 0.350. The number of carboxylic acids is 1. The summed E-state index contributed by atoms with van der Waals surface area (Å²) in [5, 5.41) is 14.4. The van der Waals surface area contributed by atoms with E-state index in [1.54, 1.807) is 43.3 Å². The van der Waals surface area contributed by atoms with E-state index >= 15 is 0 Å². The van der Waals surface area contributed by atoms with Crippen molar-refractivity contribution >= 4 is 23.3 Å². The third-order valence-electron chi connectivity index (χ3n) is 4.35. The molecule has 2 aromatic carbocycles. The lowest BCUT2D eigenvalue weighted by atomic mass is 10.0. The van der Waals surface area contributed by atoms with Crippen LogP contribution in [0.2, 0.25) is 5.02 Å². The molecule has 0 aliphatic rings. The van der Waals surface area contributed by atoms with Crippen LogP contribution in [0.3, 0.4) is 0 Å². The third-order valence-corrected chi connectivity index (χ3v) is 4.86. The maximum absolute atomic E-state index is 13.7. The molecule has 2 atom stereocenters. The van der Waals surface area contributed by atoms with E-state index in [4.69, 9.17) is 16.7 Å². The molecule has 0 aromatic heterocycles. The van der Waals surface area contributed by atoms with E-state index in [1.165, 1.54) is 6.07 Å². The highest BCUT2D eigenvalue weighted by Crippen LogP contribution is 2.39. The number of carboxylic acid groups (broad SMARTS) is 1. The number of anilines is 1. The lowest BCUT2D eigenvalue weighted by Crippen LogP contribution is -2.28. The van der Waals surface area contributed by atoms with Crippen molar-refractivity contribution < 1.29 is 23.1 Å². The van der Waals surface area contributed by atoms with Crippen molar-refractivity contribution in [3.05, 3.63) is 64.2 Å². The number of nitrogens with one attached hydrogen (secondary N) is 2. The highest BCUT2D eigenvalue weighted by molar-refractivity contribution is 6.32. The summed E-state index contributed by atoms with van der Waals surface area (Å²) in [6.45, 7) is 3.74. The van der Waals surface area contributed by atoms with Crippen molar-refractivity contribution in [3.8, 4) is 0 Å². The Hall–Kier alpha value is -2.25. The van der Waals surface area contributed by atoms with Gasteiger partial charge in [0, 0.05) is 28.9 Å². The summed E-state index contributed by atoms with van der Waals surface area (Å²) in [4.78, 5) is 10.6. The van der Waals surface area contributed by atoms with Crippen LogP contribution in [0.5, 0.6) is 0 Å². The van der Waals surface area contributed by atoms with E-state index < -0.39 is 18.2 Å².